The Bertz CT molecular complexity index is 482. The van der Waals surface area contributed by atoms with Gasteiger partial charge in [-0.15, -0.1) is 11.8 Å². The van der Waals surface area contributed by atoms with Gasteiger partial charge in [-0.05, 0) is 11.6 Å². The number of hydrogen-bond acceptors (Lipinski definition) is 3. The fraction of sp³-hybridized carbons (Fsp3) is 0.250. The molecule has 0 radical (unpaired) electrons. The molecule has 16 heavy (non-hydrogen) atoms. The average molecular weight is 232 g/mol. The van der Waals surface area contributed by atoms with Crippen molar-refractivity contribution in [3.8, 4) is 0 Å². The highest BCUT2D eigenvalue weighted by Crippen LogP contribution is 2.44. The molecule has 1 aliphatic rings. The minimum atomic E-state index is -0.383. The molecule has 2 aromatic rings. The first kappa shape index (κ1) is 9.93. The van der Waals surface area contributed by atoms with E-state index in [0.717, 1.165) is 17.8 Å². The Morgan fingerprint density at radius 3 is 3.00 bits per heavy atom. The summed E-state index contributed by atoms with van der Waals surface area (Å²) in [6.07, 6.45) is 3.95. The van der Waals surface area contributed by atoms with Gasteiger partial charge < -0.3 is 10.1 Å². The summed E-state index contributed by atoms with van der Waals surface area (Å²) >= 11 is 1.73. The van der Waals surface area contributed by atoms with Gasteiger partial charge in [-0.3, -0.25) is 0 Å². The Labute approximate surface area is 97.9 Å². The molecule has 1 aliphatic heterocycles. The molecule has 0 amide bonds. The van der Waals surface area contributed by atoms with Crippen LogP contribution in [-0.4, -0.2) is 20.3 Å². The van der Waals surface area contributed by atoms with Crippen LogP contribution in [0.2, 0.25) is 0 Å². The molecule has 1 aromatic carbocycles. The summed E-state index contributed by atoms with van der Waals surface area (Å²) in [5.41, 5.74) is 1.05. The maximum atomic E-state index is 10.2. The van der Waals surface area contributed by atoms with Crippen molar-refractivity contribution in [1.82, 2.24) is 9.97 Å². The van der Waals surface area contributed by atoms with E-state index in [2.05, 4.69) is 16.0 Å². The smallest absolute Gasteiger partial charge is 0.107 e. The number of aromatic amines is 1. The maximum absolute atomic E-state index is 10.2. The van der Waals surface area contributed by atoms with Crippen molar-refractivity contribution >= 4 is 11.8 Å². The summed E-state index contributed by atoms with van der Waals surface area (Å²) in [4.78, 5) is 8.46. The lowest BCUT2D eigenvalue weighted by molar-refractivity contribution is 0.175. The molecule has 3 nitrogen and oxygen atoms in total. The van der Waals surface area contributed by atoms with Gasteiger partial charge in [-0.2, -0.15) is 0 Å². The standard InChI is InChI=1S/C12H12N2OS/c15-12-8-3-1-2-4-9(8)16-10(12)7-11-13-5-6-14-11/h1-6,10,12,15H,7H2,(H,13,14)/t10-,12-/m0/s1. The highest BCUT2D eigenvalue weighted by atomic mass is 32.2. The molecule has 2 heterocycles. The number of imidazole rings is 1. The fourth-order valence-corrected chi connectivity index (χ4v) is 3.34. The second-order valence-electron chi connectivity index (χ2n) is 3.88. The summed E-state index contributed by atoms with van der Waals surface area (Å²) in [6, 6.07) is 8.03. The van der Waals surface area contributed by atoms with Gasteiger partial charge in [0.15, 0.2) is 0 Å². The number of thioether (sulfide) groups is 1. The first-order valence-corrected chi connectivity index (χ1v) is 6.14. The minimum Gasteiger partial charge on any atom is -0.387 e. The molecule has 2 atom stereocenters. The topological polar surface area (TPSA) is 48.9 Å². The van der Waals surface area contributed by atoms with E-state index in [1.54, 1.807) is 18.0 Å². The molecule has 0 spiro atoms. The Balaban J connectivity index is 1.82. The first-order chi connectivity index (χ1) is 7.84. The Kier molecular flexibility index (Phi) is 2.46. The number of nitrogens with zero attached hydrogens (tertiary/aromatic N) is 1. The monoisotopic (exact) mass is 232 g/mol. The molecular formula is C12H12N2OS. The molecule has 1 aromatic heterocycles. The van der Waals surface area contributed by atoms with Crippen molar-refractivity contribution in [2.24, 2.45) is 0 Å². The zero-order valence-corrected chi connectivity index (χ0v) is 9.45. The van der Waals surface area contributed by atoms with Gasteiger partial charge in [0.25, 0.3) is 0 Å². The second-order valence-corrected chi connectivity index (χ2v) is 5.16. The van der Waals surface area contributed by atoms with Crippen LogP contribution in [0.15, 0.2) is 41.6 Å². The molecule has 0 aliphatic carbocycles. The number of benzene rings is 1. The van der Waals surface area contributed by atoms with E-state index in [-0.39, 0.29) is 11.4 Å². The molecule has 82 valence electrons. The van der Waals surface area contributed by atoms with Crippen molar-refractivity contribution in [3.63, 3.8) is 0 Å². The van der Waals surface area contributed by atoms with Crippen molar-refractivity contribution < 1.29 is 5.11 Å². The van der Waals surface area contributed by atoms with Gasteiger partial charge in [0, 0.05) is 29.0 Å². The summed E-state index contributed by atoms with van der Waals surface area (Å²) in [5, 5.41) is 10.3. The summed E-state index contributed by atoms with van der Waals surface area (Å²) in [6.45, 7) is 0. The lowest BCUT2D eigenvalue weighted by Crippen LogP contribution is -2.13. The number of hydrogen-bond donors (Lipinski definition) is 2. The Morgan fingerprint density at radius 2 is 2.25 bits per heavy atom. The fourth-order valence-electron chi connectivity index (χ4n) is 2.01. The number of aromatic nitrogens is 2. The minimum absolute atomic E-state index is 0.170. The molecule has 0 unspecified atom stereocenters. The van der Waals surface area contributed by atoms with Gasteiger partial charge in [-0.25, -0.2) is 4.98 Å². The average Bonchev–Trinajstić information content (AvgIpc) is 2.90. The summed E-state index contributed by atoms with van der Waals surface area (Å²) in [7, 11) is 0. The first-order valence-electron chi connectivity index (χ1n) is 5.26. The van der Waals surface area contributed by atoms with E-state index in [1.165, 1.54) is 4.90 Å². The third-order valence-corrected chi connectivity index (χ3v) is 4.17. The van der Waals surface area contributed by atoms with E-state index in [4.69, 9.17) is 0 Å². The molecule has 0 saturated heterocycles. The number of aliphatic hydroxyl groups excluding tert-OH is 1. The van der Waals surface area contributed by atoms with Crippen molar-refractivity contribution in [3.05, 3.63) is 48.0 Å². The molecule has 0 fully saturated rings. The molecule has 0 saturated carbocycles. The predicted octanol–water partition coefficient (Wildman–Crippen LogP) is 2.16. The van der Waals surface area contributed by atoms with Crippen LogP contribution in [0.4, 0.5) is 0 Å². The van der Waals surface area contributed by atoms with Crippen LogP contribution in [0.1, 0.15) is 17.5 Å². The number of nitrogens with one attached hydrogen (secondary N) is 1. The van der Waals surface area contributed by atoms with Crippen molar-refractivity contribution in [1.29, 1.82) is 0 Å². The number of aliphatic hydroxyl groups is 1. The predicted molar refractivity (Wildman–Crippen MR) is 63.3 cm³/mol. The Morgan fingerprint density at radius 1 is 1.38 bits per heavy atom. The van der Waals surface area contributed by atoms with Gasteiger partial charge in [-0.1, -0.05) is 18.2 Å². The third-order valence-electron chi connectivity index (χ3n) is 2.82. The highest BCUT2D eigenvalue weighted by Gasteiger charge is 2.31. The second kappa shape index (κ2) is 3.96. The molecule has 4 heteroatoms. The number of rotatable bonds is 2. The van der Waals surface area contributed by atoms with Crippen LogP contribution in [0, 0.1) is 0 Å². The van der Waals surface area contributed by atoms with Crippen molar-refractivity contribution in [2.45, 2.75) is 22.7 Å². The maximum Gasteiger partial charge on any atom is 0.107 e. The van der Waals surface area contributed by atoms with Crippen LogP contribution in [0.5, 0.6) is 0 Å². The SMILES string of the molecule is O[C@H]1c2ccccc2S[C@H]1Cc1ncc[nH]1. The van der Waals surface area contributed by atoms with E-state index in [9.17, 15) is 5.11 Å². The van der Waals surface area contributed by atoms with Gasteiger partial charge in [0.1, 0.15) is 5.82 Å². The van der Waals surface area contributed by atoms with Crippen LogP contribution >= 0.6 is 11.8 Å². The third kappa shape index (κ3) is 1.64. The lowest BCUT2D eigenvalue weighted by atomic mass is 10.1. The van der Waals surface area contributed by atoms with Crippen LogP contribution in [0.25, 0.3) is 0 Å². The number of H-pyrrole nitrogens is 1. The highest BCUT2D eigenvalue weighted by molar-refractivity contribution is 8.00. The molecule has 0 bridgehead atoms. The van der Waals surface area contributed by atoms with Crippen LogP contribution in [0.3, 0.4) is 0 Å². The van der Waals surface area contributed by atoms with Crippen LogP contribution in [-0.2, 0) is 6.42 Å². The largest absolute Gasteiger partial charge is 0.387 e. The number of fused-ring (bicyclic) bond motifs is 1. The molecule has 2 N–H and O–H groups in total. The summed E-state index contributed by atoms with van der Waals surface area (Å²) in [5.74, 6) is 0.935. The normalized spacial score (nSPS) is 23.3. The van der Waals surface area contributed by atoms with Crippen molar-refractivity contribution in [2.75, 3.05) is 0 Å². The summed E-state index contributed by atoms with van der Waals surface area (Å²) < 4.78 is 0. The van der Waals surface area contributed by atoms with Gasteiger partial charge in [0.2, 0.25) is 0 Å². The van der Waals surface area contributed by atoms with Gasteiger partial charge in [0.05, 0.1) is 6.10 Å². The van der Waals surface area contributed by atoms with E-state index < -0.39 is 0 Å². The quantitative estimate of drug-likeness (QED) is 0.834. The van der Waals surface area contributed by atoms with E-state index in [1.807, 2.05) is 24.4 Å². The molecule has 3 rings (SSSR count). The van der Waals surface area contributed by atoms with Crippen LogP contribution < -0.4 is 0 Å². The lowest BCUT2D eigenvalue weighted by Gasteiger charge is -2.12. The zero-order chi connectivity index (χ0) is 11.0. The zero-order valence-electron chi connectivity index (χ0n) is 8.63. The Hall–Kier alpha value is -1.26. The van der Waals surface area contributed by atoms with E-state index in [0.29, 0.717) is 0 Å². The molecular weight excluding hydrogens is 220 g/mol. The van der Waals surface area contributed by atoms with Gasteiger partial charge >= 0.3 is 0 Å². The van der Waals surface area contributed by atoms with E-state index >= 15 is 0 Å².